The Morgan fingerprint density at radius 1 is 0.727 bits per heavy atom. The molecule has 0 saturated heterocycles. The van der Waals surface area contributed by atoms with Gasteiger partial charge in [-0.1, -0.05) is 0 Å². The molecule has 2 aromatic carbocycles. The van der Waals surface area contributed by atoms with Gasteiger partial charge in [0.25, 0.3) is 0 Å². The Labute approximate surface area is 125 Å². The fraction of sp³-hybridized carbons (Fsp3) is 0.125. The number of benzene rings is 2. The number of nitrogen functional groups attached to an aromatic ring is 2. The van der Waals surface area contributed by atoms with Crippen molar-refractivity contribution in [3.63, 3.8) is 0 Å². The number of anilines is 2. The van der Waals surface area contributed by atoms with E-state index in [9.17, 15) is 0 Å². The number of aryl methyl sites for hydroxylation is 2. The molecule has 4 rings (SSSR count). The van der Waals surface area contributed by atoms with Crippen molar-refractivity contribution >= 4 is 33.6 Å². The van der Waals surface area contributed by atoms with Gasteiger partial charge in [0.1, 0.15) is 11.0 Å². The number of oxazole rings is 2. The first-order valence-electron chi connectivity index (χ1n) is 6.97. The number of hydrogen-bond donors (Lipinski definition) is 2. The van der Waals surface area contributed by atoms with E-state index in [-0.39, 0.29) is 0 Å². The minimum Gasteiger partial charge on any atom is -0.441 e. The van der Waals surface area contributed by atoms with Gasteiger partial charge in [-0.25, -0.2) is 9.97 Å². The summed E-state index contributed by atoms with van der Waals surface area (Å²) in [5.41, 5.74) is 15.8. The second-order valence-electron chi connectivity index (χ2n) is 5.17. The number of aromatic nitrogens is 2. The average molecular weight is 294 g/mol. The van der Waals surface area contributed by atoms with E-state index in [0.29, 0.717) is 47.2 Å². The first-order valence-corrected chi connectivity index (χ1v) is 6.97. The van der Waals surface area contributed by atoms with E-state index in [1.54, 1.807) is 24.3 Å². The predicted molar refractivity (Wildman–Crippen MR) is 84.3 cm³/mol. The Balaban J connectivity index is 1.56. The molecular weight excluding hydrogens is 280 g/mol. The lowest BCUT2D eigenvalue weighted by molar-refractivity contribution is 0.488. The van der Waals surface area contributed by atoms with Crippen LogP contribution in [0.1, 0.15) is 11.8 Å². The quantitative estimate of drug-likeness (QED) is 0.563. The van der Waals surface area contributed by atoms with Crippen LogP contribution in [0.4, 0.5) is 11.4 Å². The number of rotatable bonds is 3. The van der Waals surface area contributed by atoms with Crippen LogP contribution < -0.4 is 11.5 Å². The largest absolute Gasteiger partial charge is 0.441 e. The molecule has 22 heavy (non-hydrogen) atoms. The molecule has 0 saturated carbocycles. The fourth-order valence-electron chi connectivity index (χ4n) is 2.41. The molecule has 6 nitrogen and oxygen atoms in total. The second-order valence-corrected chi connectivity index (χ2v) is 5.17. The maximum atomic E-state index is 5.73. The lowest BCUT2D eigenvalue weighted by Gasteiger charge is -1.91. The summed E-state index contributed by atoms with van der Waals surface area (Å²) in [5.74, 6) is 1.28. The van der Waals surface area contributed by atoms with Crippen molar-refractivity contribution in [1.29, 1.82) is 0 Å². The molecule has 0 unspecified atom stereocenters. The minimum absolute atomic E-state index is 0.608. The normalized spacial score (nSPS) is 11.5. The van der Waals surface area contributed by atoms with Gasteiger partial charge in [-0.05, 0) is 24.3 Å². The van der Waals surface area contributed by atoms with E-state index in [2.05, 4.69) is 9.97 Å². The van der Waals surface area contributed by atoms with Crippen molar-refractivity contribution in [1.82, 2.24) is 9.97 Å². The molecule has 4 N–H and O–H groups in total. The Morgan fingerprint density at radius 2 is 1.18 bits per heavy atom. The number of nitrogens with zero attached hydrogens (tertiary/aromatic N) is 2. The maximum absolute atomic E-state index is 5.73. The third kappa shape index (κ3) is 2.24. The van der Waals surface area contributed by atoms with Crippen molar-refractivity contribution in [2.75, 3.05) is 11.5 Å². The highest BCUT2D eigenvalue weighted by molar-refractivity contribution is 5.77. The summed E-state index contributed by atoms with van der Waals surface area (Å²) < 4.78 is 11.4. The van der Waals surface area contributed by atoms with E-state index < -0.39 is 0 Å². The highest BCUT2D eigenvalue weighted by Gasteiger charge is 2.10. The van der Waals surface area contributed by atoms with Crippen LogP contribution in [-0.4, -0.2) is 9.97 Å². The predicted octanol–water partition coefficient (Wildman–Crippen LogP) is 2.92. The van der Waals surface area contributed by atoms with Gasteiger partial charge < -0.3 is 20.3 Å². The van der Waals surface area contributed by atoms with E-state index in [4.69, 9.17) is 20.3 Å². The van der Waals surface area contributed by atoms with Crippen LogP contribution in [-0.2, 0) is 12.8 Å². The molecule has 0 amide bonds. The summed E-state index contributed by atoms with van der Waals surface area (Å²) in [6, 6.07) is 10.8. The van der Waals surface area contributed by atoms with Crippen molar-refractivity contribution in [3.05, 3.63) is 48.2 Å². The Morgan fingerprint density at radius 3 is 1.64 bits per heavy atom. The summed E-state index contributed by atoms with van der Waals surface area (Å²) in [6.45, 7) is 0. The zero-order valence-electron chi connectivity index (χ0n) is 11.7. The topological polar surface area (TPSA) is 104 Å². The summed E-state index contributed by atoms with van der Waals surface area (Å²) in [6.07, 6.45) is 1.22. The van der Waals surface area contributed by atoms with Crippen LogP contribution in [0.15, 0.2) is 45.2 Å². The molecule has 0 radical (unpaired) electrons. The van der Waals surface area contributed by atoms with Gasteiger partial charge in [-0.15, -0.1) is 0 Å². The third-order valence-corrected chi connectivity index (χ3v) is 3.47. The van der Waals surface area contributed by atoms with E-state index in [1.807, 2.05) is 12.1 Å². The highest BCUT2D eigenvalue weighted by atomic mass is 16.4. The second kappa shape index (κ2) is 4.77. The molecule has 0 atom stereocenters. The summed E-state index contributed by atoms with van der Waals surface area (Å²) in [4.78, 5) is 8.85. The molecule has 4 aromatic rings. The first kappa shape index (κ1) is 12.7. The Kier molecular flexibility index (Phi) is 2.75. The van der Waals surface area contributed by atoms with Crippen LogP contribution in [0.3, 0.4) is 0 Å². The molecule has 0 aliphatic carbocycles. The standard InChI is InChI=1S/C16H14N4O2/c17-9-1-3-11-13(7-9)21-15(19-11)5-6-16-20-12-4-2-10(18)8-14(12)22-16/h1-4,7-8H,5-6,17-18H2. The monoisotopic (exact) mass is 294 g/mol. The summed E-state index contributed by atoms with van der Waals surface area (Å²) in [5, 5.41) is 0. The molecule has 0 spiro atoms. The molecule has 0 aliphatic heterocycles. The lowest BCUT2D eigenvalue weighted by Crippen LogP contribution is -1.91. The molecule has 6 heteroatoms. The van der Waals surface area contributed by atoms with Crippen LogP contribution in [0, 0.1) is 0 Å². The molecule has 0 bridgehead atoms. The fourth-order valence-corrected chi connectivity index (χ4v) is 2.41. The van der Waals surface area contributed by atoms with Crippen LogP contribution in [0.2, 0.25) is 0 Å². The first-order chi connectivity index (χ1) is 10.7. The average Bonchev–Trinajstić information content (AvgIpc) is 3.07. The highest BCUT2D eigenvalue weighted by Crippen LogP contribution is 2.21. The van der Waals surface area contributed by atoms with E-state index in [1.165, 1.54) is 0 Å². The Bertz CT molecular complexity index is 891. The smallest absolute Gasteiger partial charge is 0.195 e. The molecule has 2 aromatic heterocycles. The summed E-state index contributed by atoms with van der Waals surface area (Å²) in [7, 11) is 0. The lowest BCUT2D eigenvalue weighted by atomic mass is 10.3. The molecular formula is C16H14N4O2. The van der Waals surface area contributed by atoms with Gasteiger partial charge in [-0.3, -0.25) is 0 Å². The van der Waals surface area contributed by atoms with Gasteiger partial charge in [0.2, 0.25) is 0 Å². The van der Waals surface area contributed by atoms with Crippen molar-refractivity contribution in [2.24, 2.45) is 0 Å². The molecule has 110 valence electrons. The van der Waals surface area contributed by atoms with Crippen molar-refractivity contribution in [2.45, 2.75) is 12.8 Å². The van der Waals surface area contributed by atoms with Crippen molar-refractivity contribution < 1.29 is 8.83 Å². The molecule has 0 aliphatic rings. The summed E-state index contributed by atoms with van der Waals surface area (Å²) >= 11 is 0. The van der Waals surface area contributed by atoms with Crippen LogP contribution in [0.25, 0.3) is 22.2 Å². The number of hydrogen-bond acceptors (Lipinski definition) is 6. The SMILES string of the molecule is Nc1ccc2nc(CCc3nc4ccc(N)cc4o3)oc2c1. The van der Waals surface area contributed by atoms with Gasteiger partial charge in [0.05, 0.1) is 0 Å². The zero-order chi connectivity index (χ0) is 15.1. The number of fused-ring (bicyclic) bond motifs is 2. The van der Waals surface area contributed by atoms with Crippen LogP contribution in [0.5, 0.6) is 0 Å². The molecule has 0 fully saturated rings. The molecule has 2 heterocycles. The van der Waals surface area contributed by atoms with Gasteiger partial charge in [0.15, 0.2) is 22.9 Å². The van der Waals surface area contributed by atoms with Gasteiger partial charge >= 0.3 is 0 Å². The van der Waals surface area contributed by atoms with Crippen molar-refractivity contribution in [3.8, 4) is 0 Å². The minimum atomic E-state index is 0.608. The number of nitrogens with two attached hydrogens (primary N) is 2. The van der Waals surface area contributed by atoms with Gasteiger partial charge in [0, 0.05) is 36.3 Å². The van der Waals surface area contributed by atoms with Crippen LogP contribution >= 0.6 is 0 Å². The van der Waals surface area contributed by atoms with E-state index in [0.717, 1.165) is 11.0 Å². The van der Waals surface area contributed by atoms with Gasteiger partial charge in [-0.2, -0.15) is 0 Å². The van der Waals surface area contributed by atoms with E-state index >= 15 is 0 Å². The zero-order valence-corrected chi connectivity index (χ0v) is 11.7. The third-order valence-electron chi connectivity index (χ3n) is 3.47. The Hall–Kier alpha value is -3.02. The maximum Gasteiger partial charge on any atom is 0.195 e.